The number of carbonyl (C=O) groups is 1. The molecule has 0 aliphatic carbocycles. The van der Waals surface area contributed by atoms with Gasteiger partial charge in [-0.1, -0.05) is 12.1 Å². The van der Waals surface area contributed by atoms with Crippen LogP contribution in [0, 0.1) is 0 Å². The molecule has 0 saturated heterocycles. The highest BCUT2D eigenvalue weighted by Gasteiger charge is 1.92. The quantitative estimate of drug-likeness (QED) is 0.786. The van der Waals surface area contributed by atoms with Crippen molar-refractivity contribution in [1.82, 2.24) is 5.32 Å². The van der Waals surface area contributed by atoms with Gasteiger partial charge in [0.2, 0.25) is 0 Å². The largest absolute Gasteiger partial charge is 0.497 e. The van der Waals surface area contributed by atoms with E-state index in [2.05, 4.69) is 17.4 Å². The molecule has 1 aromatic carbocycles. The van der Waals surface area contributed by atoms with Crippen molar-refractivity contribution in [3.8, 4) is 5.75 Å². The Labute approximate surface area is 85.1 Å². The molecular formula is C11H17NO2. The van der Waals surface area contributed by atoms with E-state index in [1.54, 1.807) is 7.11 Å². The molecule has 1 rings (SSSR count). The number of methoxy groups -OCH3 is 1. The first-order chi connectivity index (χ1) is 6.86. The Hall–Kier alpha value is -1.35. The van der Waals surface area contributed by atoms with E-state index in [1.165, 1.54) is 5.56 Å². The number of hydrogen-bond acceptors (Lipinski definition) is 3. The molecule has 0 atom stereocenters. The molecule has 0 radical (unpaired) electrons. The number of hydrogen-bond donors (Lipinski definition) is 1. The standard InChI is InChI=1S/C10H15NO.CH2O/c1-11-8-7-9-3-5-10(12-2)6-4-9;1-2/h3-6,11H,7-8H2,1-2H3;1H2. The van der Waals surface area contributed by atoms with Gasteiger partial charge in [-0.3, -0.25) is 0 Å². The van der Waals surface area contributed by atoms with Crippen LogP contribution in [0.2, 0.25) is 0 Å². The summed E-state index contributed by atoms with van der Waals surface area (Å²) in [5.74, 6) is 0.920. The second kappa shape index (κ2) is 8.26. The van der Waals surface area contributed by atoms with E-state index in [0.29, 0.717) is 0 Å². The van der Waals surface area contributed by atoms with Crippen molar-refractivity contribution in [3.63, 3.8) is 0 Å². The van der Waals surface area contributed by atoms with Crippen LogP contribution >= 0.6 is 0 Å². The summed E-state index contributed by atoms with van der Waals surface area (Å²) in [6, 6.07) is 8.17. The van der Waals surface area contributed by atoms with Crippen LogP contribution in [0.3, 0.4) is 0 Å². The Bertz CT molecular complexity index is 234. The number of nitrogens with one attached hydrogen (secondary N) is 1. The van der Waals surface area contributed by atoms with Gasteiger partial charge in [-0.2, -0.15) is 0 Å². The minimum absolute atomic E-state index is 0.920. The fourth-order valence-electron chi connectivity index (χ4n) is 1.06. The first-order valence-corrected chi connectivity index (χ1v) is 4.43. The van der Waals surface area contributed by atoms with Crippen molar-refractivity contribution in [3.05, 3.63) is 29.8 Å². The van der Waals surface area contributed by atoms with Crippen LogP contribution in [0.1, 0.15) is 5.56 Å². The summed E-state index contributed by atoms with van der Waals surface area (Å²) in [5, 5.41) is 3.11. The Morgan fingerprint density at radius 2 is 1.86 bits per heavy atom. The third-order valence-corrected chi connectivity index (χ3v) is 1.82. The number of ether oxygens (including phenoxy) is 1. The summed E-state index contributed by atoms with van der Waals surface area (Å²) in [4.78, 5) is 8.00. The van der Waals surface area contributed by atoms with Crippen molar-refractivity contribution in [2.75, 3.05) is 20.7 Å². The molecule has 0 bridgehead atoms. The Morgan fingerprint density at radius 3 is 2.29 bits per heavy atom. The maximum atomic E-state index is 8.00. The van der Waals surface area contributed by atoms with Gasteiger partial charge in [-0.25, -0.2) is 0 Å². The van der Waals surface area contributed by atoms with Crippen molar-refractivity contribution >= 4 is 6.79 Å². The van der Waals surface area contributed by atoms with Crippen molar-refractivity contribution < 1.29 is 9.53 Å². The molecule has 1 aromatic rings. The van der Waals surface area contributed by atoms with Gasteiger partial charge in [0, 0.05) is 0 Å². The lowest BCUT2D eigenvalue weighted by atomic mass is 10.1. The molecule has 0 spiro atoms. The monoisotopic (exact) mass is 195 g/mol. The molecule has 0 aliphatic heterocycles. The first kappa shape index (κ1) is 12.7. The molecule has 14 heavy (non-hydrogen) atoms. The second-order valence-corrected chi connectivity index (χ2v) is 2.70. The average Bonchev–Trinajstić information content (AvgIpc) is 2.30. The minimum atomic E-state index is 0.920. The van der Waals surface area contributed by atoms with Crippen LogP contribution in [-0.4, -0.2) is 27.5 Å². The number of likely N-dealkylation sites (N-methyl/N-ethyl adjacent to an activating group) is 1. The van der Waals surface area contributed by atoms with E-state index in [9.17, 15) is 0 Å². The SMILES string of the molecule is C=O.CNCCc1ccc(OC)cc1. The average molecular weight is 195 g/mol. The van der Waals surface area contributed by atoms with E-state index < -0.39 is 0 Å². The van der Waals surface area contributed by atoms with Crippen molar-refractivity contribution in [2.45, 2.75) is 6.42 Å². The van der Waals surface area contributed by atoms with Gasteiger partial charge in [0.05, 0.1) is 7.11 Å². The molecule has 0 heterocycles. The predicted molar refractivity (Wildman–Crippen MR) is 57.7 cm³/mol. The van der Waals surface area contributed by atoms with Crippen molar-refractivity contribution in [1.29, 1.82) is 0 Å². The third kappa shape index (κ3) is 4.62. The summed E-state index contributed by atoms with van der Waals surface area (Å²) in [5.41, 5.74) is 1.34. The van der Waals surface area contributed by atoms with E-state index in [-0.39, 0.29) is 0 Å². The maximum Gasteiger partial charge on any atom is 0.118 e. The van der Waals surface area contributed by atoms with Crippen LogP contribution in [0.15, 0.2) is 24.3 Å². The molecule has 0 aromatic heterocycles. The summed E-state index contributed by atoms with van der Waals surface area (Å²) in [6.45, 7) is 3.02. The van der Waals surface area contributed by atoms with E-state index in [0.717, 1.165) is 18.7 Å². The maximum absolute atomic E-state index is 8.00. The first-order valence-electron chi connectivity index (χ1n) is 4.43. The fraction of sp³-hybridized carbons (Fsp3) is 0.364. The Kier molecular flexibility index (Phi) is 7.46. The molecule has 3 heteroatoms. The highest BCUT2D eigenvalue weighted by molar-refractivity contribution is 5.27. The molecule has 0 unspecified atom stereocenters. The number of benzene rings is 1. The zero-order chi connectivity index (χ0) is 10.8. The molecule has 78 valence electrons. The van der Waals surface area contributed by atoms with Gasteiger partial charge >= 0.3 is 0 Å². The Balaban J connectivity index is 0.000000791. The highest BCUT2D eigenvalue weighted by atomic mass is 16.5. The second-order valence-electron chi connectivity index (χ2n) is 2.70. The highest BCUT2D eigenvalue weighted by Crippen LogP contribution is 2.11. The van der Waals surface area contributed by atoms with Gasteiger partial charge in [0.15, 0.2) is 0 Å². The molecule has 0 saturated carbocycles. The minimum Gasteiger partial charge on any atom is -0.497 e. The van der Waals surface area contributed by atoms with Gasteiger partial charge < -0.3 is 14.8 Å². The van der Waals surface area contributed by atoms with E-state index >= 15 is 0 Å². The van der Waals surface area contributed by atoms with Crippen LogP contribution < -0.4 is 10.1 Å². The summed E-state index contributed by atoms with van der Waals surface area (Å²) < 4.78 is 5.06. The van der Waals surface area contributed by atoms with Crippen LogP contribution in [0.25, 0.3) is 0 Å². The molecule has 0 aliphatic rings. The summed E-state index contributed by atoms with van der Waals surface area (Å²) in [7, 11) is 3.64. The van der Waals surface area contributed by atoms with Crippen LogP contribution in [0.4, 0.5) is 0 Å². The molecular weight excluding hydrogens is 178 g/mol. The normalized spacial score (nSPS) is 8.71. The smallest absolute Gasteiger partial charge is 0.118 e. The number of rotatable bonds is 4. The lowest BCUT2D eigenvalue weighted by molar-refractivity contribution is -0.0979. The van der Waals surface area contributed by atoms with E-state index in [4.69, 9.17) is 9.53 Å². The van der Waals surface area contributed by atoms with Gasteiger partial charge in [0.1, 0.15) is 12.5 Å². The third-order valence-electron chi connectivity index (χ3n) is 1.82. The van der Waals surface area contributed by atoms with E-state index in [1.807, 2.05) is 26.0 Å². The van der Waals surface area contributed by atoms with Gasteiger partial charge in [-0.15, -0.1) is 0 Å². The van der Waals surface area contributed by atoms with Crippen molar-refractivity contribution in [2.24, 2.45) is 0 Å². The Morgan fingerprint density at radius 1 is 1.29 bits per heavy atom. The summed E-state index contributed by atoms with van der Waals surface area (Å²) in [6.07, 6.45) is 1.07. The molecule has 3 nitrogen and oxygen atoms in total. The fourth-order valence-corrected chi connectivity index (χ4v) is 1.06. The van der Waals surface area contributed by atoms with Gasteiger partial charge in [-0.05, 0) is 37.7 Å². The van der Waals surface area contributed by atoms with Crippen LogP contribution in [-0.2, 0) is 11.2 Å². The molecule has 0 amide bonds. The van der Waals surface area contributed by atoms with Gasteiger partial charge in [0.25, 0.3) is 0 Å². The molecule has 0 fully saturated rings. The summed E-state index contributed by atoms with van der Waals surface area (Å²) >= 11 is 0. The zero-order valence-electron chi connectivity index (χ0n) is 8.75. The zero-order valence-corrected chi connectivity index (χ0v) is 8.75. The number of carbonyl (C=O) groups excluding carboxylic acids is 1. The van der Waals surface area contributed by atoms with Crippen LogP contribution in [0.5, 0.6) is 5.75 Å². The lowest BCUT2D eigenvalue weighted by Crippen LogP contribution is -2.10. The topological polar surface area (TPSA) is 38.3 Å². The lowest BCUT2D eigenvalue weighted by Gasteiger charge is -2.02. The molecule has 1 N–H and O–H groups in total. The predicted octanol–water partition coefficient (Wildman–Crippen LogP) is 1.27.